The van der Waals surface area contributed by atoms with Crippen LogP contribution in [0.25, 0.3) is 0 Å². The van der Waals surface area contributed by atoms with Gasteiger partial charge in [-0.15, -0.1) is 6.58 Å². The molecule has 2 aliphatic heterocycles. The van der Waals surface area contributed by atoms with Crippen LogP contribution in [0, 0.1) is 17.6 Å². The van der Waals surface area contributed by atoms with Gasteiger partial charge in [0.15, 0.2) is 0 Å². The summed E-state index contributed by atoms with van der Waals surface area (Å²) in [6.07, 6.45) is 2.91. The van der Waals surface area contributed by atoms with Crippen molar-refractivity contribution in [3.05, 3.63) is 77.4 Å². The zero-order chi connectivity index (χ0) is 22.2. The number of hydrogen-bond acceptors (Lipinski definition) is 5. The molecule has 0 aromatic heterocycles. The molecule has 8 heteroatoms. The lowest BCUT2D eigenvalue weighted by Gasteiger charge is -2.46. The van der Waals surface area contributed by atoms with Crippen LogP contribution in [-0.2, 0) is 16.1 Å². The Morgan fingerprint density at radius 3 is 2.90 bits per heavy atom. The Labute approximate surface area is 184 Å². The third-order valence-corrected chi connectivity index (χ3v) is 7.22. The lowest BCUT2D eigenvalue weighted by molar-refractivity contribution is -0.133. The largest absolute Gasteiger partial charge is 0.382 e. The summed E-state index contributed by atoms with van der Waals surface area (Å²) >= 11 is 1.29. The van der Waals surface area contributed by atoms with Gasteiger partial charge in [-0.3, -0.25) is 4.79 Å². The predicted molar refractivity (Wildman–Crippen MR) is 121 cm³/mol. The van der Waals surface area contributed by atoms with Crippen LogP contribution < -0.4 is 11.1 Å². The number of fused-ring (bicyclic) bond motifs is 2. The molecule has 31 heavy (non-hydrogen) atoms. The number of nitrogens with zero attached hydrogens (tertiary/aromatic N) is 2. The second kappa shape index (κ2) is 8.43. The van der Waals surface area contributed by atoms with Crippen molar-refractivity contribution < 1.29 is 13.6 Å². The van der Waals surface area contributed by atoms with E-state index in [1.807, 2.05) is 0 Å². The first-order valence-corrected chi connectivity index (χ1v) is 10.9. The van der Waals surface area contributed by atoms with Gasteiger partial charge in [0.1, 0.15) is 21.5 Å². The Morgan fingerprint density at radius 2 is 2.19 bits per heavy atom. The van der Waals surface area contributed by atoms with Gasteiger partial charge in [-0.2, -0.15) is 5.10 Å². The fourth-order valence-corrected chi connectivity index (χ4v) is 5.92. The predicted octanol–water partition coefficient (Wildman–Crippen LogP) is 4.19. The highest BCUT2D eigenvalue weighted by Gasteiger charge is 2.56. The van der Waals surface area contributed by atoms with Crippen LogP contribution in [0.1, 0.15) is 30.0 Å². The fourth-order valence-electron chi connectivity index (χ4n) is 4.33. The van der Waals surface area contributed by atoms with E-state index >= 15 is 0 Å². The molecule has 162 valence electrons. The Bertz CT molecular complexity index is 1070. The number of anilines is 1. The number of rotatable bonds is 5. The van der Waals surface area contributed by atoms with Gasteiger partial charge in [-0.1, -0.05) is 36.0 Å². The van der Waals surface area contributed by atoms with E-state index in [0.29, 0.717) is 47.8 Å². The topological polar surface area (TPSA) is 70.7 Å². The number of hydrogen-bond donors (Lipinski definition) is 2. The first kappa shape index (κ1) is 21.5. The Hall–Kier alpha value is -2.71. The van der Waals surface area contributed by atoms with E-state index in [4.69, 9.17) is 5.73 Å². The second-order valence-corrected chi connectivity index (χ2v) is 8.87. The van der Waals surface area contributed by atoms with Gasteiger partial charge in [0.25, 0.3) is 0 Å². The molecule has 5 nitrogen and oxygen atoms in total. The Morgan fingerprint density at radius 1 is 1.39 bits per heavy atom. The molecular formula is C23H24F2N4OS. The molecular weight excluding hydrogens is 418 g/mol. The monoisotopic (exact) mass is 442 g/mol. The fraction of sp³-hybridized carbons (Fsp3) is 0.304. The van der Waals surface area contributed by atoms with E-state index in [1.165, 1.54) is 35.8 Å². The van der Waals surface area contributed by atoms with Gasteiger partial charge in [-0.05, 0) is 43.1 Å². The molecule has 0 aliphatic carbocycles. The first-order chi connectivity index (χ1) is 14.9. The van der Waals surface area contributed by atoms with Crippen molar-refractivity contribution in [2.75, 3.05) is 18.4 Å². The van der Waals surface area contributed by atoms with Crippen molar-refractivity contribution in [3.8, 4) is 0 Å². The van der Waals surface area contributed by atoms with Crippen LogP contribution in [0.4, 0.5) is 14.5 Å². The van der Waals surface area contributed by atoms with Gasteiger partial charge in [0.2, 0.25) is 5.91 Å². The number of nitrogens with one attached hydrogen (secondary N) is 1. The minimum Gasteiger partial charge on any atom is -0.382 e. The summed E-state index contributed by atoms with van der Waals surface area (Å²) in [5.41, 5.74) is 8.04. The third-order valence-electron chi connectivity index (χ3n) is 5.69. The maximum absolute atomic E-state index is 14.8. The van der Waals surface area contributed by atoms with E-state index in [0.717, 1.165) is 5.56 Å². The van der Waals surface area contributed by atoms with Crippen LogP contribution in [0.2, 0.25) is 0 Å². The van der Waals surface area contributed by atoms with Crippen LogP contribution >= 0.6 is 11.8 Å². The highest BCUT2D eigenvalue weighted by molar-refractivity contribution is 8.15. The number of benzene rings is 2. The van der Waals surface area contributed by atoms with Gasteiger partial charge in [0.05, 0.1) is 5.69 Å². The molecule has 2 aromatic carbocycles. The lowest BCUT2D eigenvalue weighted by atomic mass is 9.84. The summed E-state index contributed by atoms with van der Waals surface area (Å²) < 4.78 is 29.5. The van der Waals surface area contributed by atoms with Gasteiger partial charge in [-0.25, -0.2) is 13.8 Å². The molecule has 2 unspecified atom stereocenters. The number of para-hydroxylation sites is 1. The number of thioether (sulfide) groups is 1. The molecule has 1 amide bonds. The van der Waals surface area contributed by atoms with E-state index in [1.54, 1.807) is 30.3 Å². The molecule has 0 radical (unpaired) electrons. The van der Waals surface area contributed by atoms with Crippen molar-refractivity contribution >= 4 is 28.4 Å². The summed E-state index contributed by atoms with van der Waals surface area (Å²) in [7, 11) is 0. The molecule has 1 spiro atoms. The van der Waals surface area contributed by atoms with Crippen LogP contribution in [0.15, 0.2) is 54.2 Å². The average molecular weight is 443 g/mol. The molecule has 4 rings (SSSR count). The number of hydrazone groups is 1. The first-order valence-electron chi connectivity index (χ1n) is 10.1. The normalized spacial score (nSPS) is 22.1. The molecule has 0 fully saturated rings. The number of allylic oxidation sites excluding steroid dienone is 1. The SMILES string of the molecule is C=CCc1ccc(F)c(C2=NN(C(C)=O)C3(S2)c2cccc(F)c2NCC3CCN)c1. The molecule has 0 saturated heterocycles. The second-order valence-electron chi connectivity index (χ2n) is 7.66. The molecule has 2 aliphatic rings. The zero-order valence-electron chi connectivity index (χ0n) is 17.2. The minimum absolute atomic E-state index is 0.152. The molecule has 3 N–H and O–H groups in total. The Kier molecular flexibility index (Phi) is 5.85. The molecule has 2 atom stereocenters. The maximum Gasteiger partial charge on any atom is 0.241 e. The summed E-state index contributed by atoms with van der Waals surface area (Å²) in [4.78, 5) is 11.7. The number of halogens is 2. The zero-order valence-corrected chi connectivity index (χ0v) is 18.0. The van der Waals surface area contributed by atoms with Crippen molar-refractivity contribution in [2.45, 2.75) is 24.6 Å². The number of carbonyl (C=O) groups excluding carboxylic acids is 1. The van der Waals surface area contributed by atoms with E-state index in [-0.39, 0.29) is 11.8 Å². The number of carbonyl (C=O) groups is 1. The van der Waals surface area contributed by atoms with Crippen LogP contribution in [-0.4, -0.2) is 29.0 Å². The highest BCUT2D eigenvalue weighted by atomic mass is 32.2. The summed E-state index contributed by atoms with van der Waals surface area (Å²) in [6, 6.07) is 9.61. The minimum atomic E-state index is -1.01. The average Bonchev–Trinajstić information content (AvgIpc) is 3.14. The van der Waals surface area contributed by atoms with E-state index in [9.17, 15) is 13.6 Å². The smallest absolute Gasteiger partial charge is 0.241 e. The van der Waals surface area contributed by atoms with E-state index < -0.39 is 16.5 Å². The summed E-state index contributed by atoms with van der Waals surface area (Å²) in [5.74, 6) is -1.28. The highest BCUT2D eigenvalue weighted by Crippen LogP contribution is 2.57. The summed E-state index contributed by atoms with van der Waals surface area (Å²) in [5, 5.41) is 9.48. The standard InChI is InChI=1S/C23H24F2N4OS/c1-3-5-15-8-9-19(24)17(12-15)22-28-29(14(2)30)23(31-22)16(10-11-26)13-27-21-18(23)6-4-7-20(21)25/h3-4,6-9,12,16,27H,1,5,10-11,13,26H2,2H3. The van der Waals surface area contributed by atoms with Gasteiger partial charge in [0, 0.05) is 30.5 Å². The molecule has 2 aromatic rings. The molecule has 2 heterocycles. The number of amides is 1. The van der Waals surface area contributed by atoms with Crippen LogP contribution in [0.5, 0.6) is 0 Å². The van der Waals surface area contributed by atoms with Gasteiger partial charge < -0.3 is 11.1 Å². The van der Waals surface area contributed by atoms with E-state index in [2.05, 4.69) is 17.0 Å². The molecule has 0 bridgehead atoms. The summed E-state index contributed by atoms with van der Waals surface area (Å²) in [6.45, 7) is 5.97. The van der Waals surface area contributed by atoms with Crippen molar-refractivity contribution in [2.24, 2.45) is 16.8 Å². The third kappa shape index (κ3) is 3.53. The van der Waals surface area contributed by atoms with Crippen molar-refractivity contribution in [1.29, 1.82) is 0 Å². The van der Waals surface area contributed by atoms with Crippen LogP contribution in [0.3, 0.4) is 0 Å². The lowest BCUT2D eigenvalue weighted by Crippen LogP contribution is -2.51. The molecule has 0 saturated carbocycles. The number of nitrogens with two attached hydrogens (primary N) is 1. The quantitative estimate of drug-likeness (QED) is 0.681. The van der Waals surface area contributed by atoms with Crippen molar-refractivity contribution in [3.63, 3.8) is 0 Å². The Balaban J connectivity index is 1.89. The van der Waals surface area contributed by atoms with Gasteiger partial charge >= 0.3 is 0 Å². The van der Waals surface area contributed by atoms with Crippen molar-refractivity contribution in [1.82, 2.24) is 5.01 Å². The maximum atomic E-state index is 14.8.